The topological polar surface area (TPSA) is 27.6 Å². The third-order valence-corrected chi connectivity index (χ3v) is 6.02. The summed E-state index contributed by atoms with van der Waals surface area (Å²) in [7, 11) is 0. The summed E-state index contributed by atoms with van der Waals surface area (Å²) in [6, 6.07) is 10.3. The van der Waals surface area contributed by atoms with Gasteiger partial charge in [0.25, 0.3) is 0 Å². The maximum Gasteiger partial charge on any atom is 0.154 e. The van der Waals surface area contributed by atoms with Crippen LogP contribution in [0.4, 0.5) is 16.4 Å². The number of nitrogens with one attached hydrogen (secondary N) is 1. The summed E-state index contributed by atoms with van der Waals surface area (Å²) in [5.74, 6) is 0.907. The third kappa shape index (κ3) is 3.51. The first-order valence-corrected chi connectivity index (χ1v) is 9.41. The summed E-state index contributed by atoms with van der Waals surface area (Å²) in [5, 5.41) is 4.59. The van der Waals surface area contributed by atoms with Gasteiger partial charge < -0.3 is 27.1 Å². The number of likely N-dealkylation sites (N-methyl/N-ethyl adjacent to an activating group) is 1. The summed E-state index contributed by atoms with van der Waals surface area (Å²) < 4.78 is 23.6. The molecule has 4 nitrogen and oxygen atoms in total. The van der Waals surface area contributed by atoms with Crippen LogP contribution in [0.25, 0.3) is 0 Å². The van der Waals surface area contributed by atoms with Gasteiger partial charge in [-0.2, -0.15) is 0 Å². The van der Waals surface area contributed by atoms with E-state index in [1.807, 2.05) is 24.3 Å². The van der Waals surface area contributed by atoms with Crippen LogP contribution in [-0.4, -0.2) is 54.4 Å². The van der Waals surface area contributed by atoms with Crippen molar-refractivity contribution < 1.29 is 21.0 Å². The number of halogens is 2. The predicted molar refractivity (Wildman–Crippen MR) is 103 cm³/mol. The van der Waals surface area contributed by atoms with Crippen molar-refractivity contribution >= 4 is 45.1 Å². The van der Waals surface area contributed by atoms with E-state index >= 15 is 0 Å². The van der Waals surface area contributed by atoms with Crippen molar-refractivity contribution in [3.05, 3.63) is 40.8 Å². The van der Waals surface area contributed by atoms with E-state index in [-0.39, 0.29) is 22.9 Å². The minimum absolute atomic E-state index is 0. The van der Waals surface area contributed by atoms with Crippen molar-refractivity contribution in [2.24, 2.45) is 4.99 Å². The Morgan fingerprint density at radius 1 is 1.36 bits per heavy atom. The molecule has 0 unspecified atom stereocenters. The van der Waals surface area contributed by atoms with Crippen LogP contribution in [0.3, 0.4) is 0 Å². The Bertz CT molecular complexity index is 889. The van der Waals surface area contributed by atoms with Gasteiger partial charge in [-0.05, 0) is 25.1 Å². The lowest BCUT2D eigenvalue weighted by Crippen LogP contribution is -3.00. The molecule has 1 fully saturated rings. The monoisotopic (exact) mass is 399 g/mol. The highest BCUT2D eigenvalue weighted by molar-refractivity contribution is 7.16. The molecule has 0 bridgehead atoms. The second-order valence-electron chi connectivity index (χ2n) is 6.38. The Hall–Kier alpha value is -1.27. The smallest absolute Gasteiger partial charge is 0.154 e. The second kappa shape index (κ2) is 7.16. The predicted octanol–water partition coefficient (Wildman–Crippen LogP) is 1.15. The van der Waals surface area contributed by atoms with Crippen molar-refractivity contribution in [2.45, 2.75) is 6.92 Å². The number of hydrogen-bond donors (Lipinski definition) is 1. The van der Waals surface area contributed by atoms with Crippen LogP contribution in [0.1, 0.15) is 14.6 Å². The van der Waals surface area contributed by atoms with Gasteiger partial charge in [0.05, 0.1) is 54.2 Å². The van der Waals surface area contributed by atoms with Crippen molar-refractivity contribution in [3.63, 3.8) is 0 Å². The van der Waals surface area contributed by atoms with Crippen LogP contribution in [0.2, 0.25) is 0 Å². The molecule has 1 N–H and O–H groups in total. The number of nitrogens with zero attached hydrogens (tertiary/aromatic N) is 3. The first-order valence-electron chi connectivity index (χ1n) is 9.56. The van der Waals surface area contributed by atoms with E-state index in [1.54, 1.807) is 11.3 Å². The van der Waals surface area contributed by atoms with Crippen molar-refractivity contribution in [3.8, 4) is 0 Å². The van der Waals surface area contributed by atoms with Gasteiger partial charge in [0.15, 0.2) is 6.00 Å². The average molecular weight is 400 g/mol. The molecule has 0 spiro atoms. The highest BCUT2D eigenvalue weighted by Crippen LogP contribution is 2.39. The van der Waals surface area contributed by atoms with Crippen LogP contribution in [0, 0.1) is 6.92 Å². The Morgan fingerprint density at radius 2 is 2.12 bits per heavy atom. The maximum atomic E-state index is 7.90. The number of para-hydroxylation sites is 2. The molecule has 3 heterocycles. The number of thiophene rings is 1. The fourth-order valence-electron chi connectivity index (χ4n) is 3.17. The van der Waals surface area contributed by atoms with E-state index in [4.69, 9.17) is 20.7 Å². The van der Waals surface area contributed by atoms with E-state index in [0.29, 0.717) is 26.2 Å². The fraction of sp³-hybridized carbons (Fsp3) is 0.389. The molecule has 7 heteroatoms. The summed E-state index contributed by atoms with van der Waals surface area (Å²) in [6.07, 6.45) is 0. The number of hydrogen-bond acceptors (Lipinski definition) is 4. The van der Waals surface area contributed by atoms with E-state index in [2.05, 4.69) is 23.2 Å². The Kier molecular flexibility index (Phi) is 4.25. The maximum absolute atomic E-state index is 7.90. The normalized spacial score (nSPS) is 20.5. The number of alkyl halides is 1. The summed E-state index contributed by atoms with van der Waals surface area (Å²) >= 11 is 7.80. The third-order valence-electron chi connectivity index (χ3n) is 4.60. The van der Waals surface area contributed by atoms with Crippen LogP contribution >= 0.6 is 22.9 Å². The second-order valence-corrected chi connectivity index (χ2v) is 7.87. The molecule has 1 saturated heterocycles. The lowest BCUT2D eigenvalue weighted by molar-refractivity contribution is -0.902. The number of piperazine rings is 1. The molecular weight excluding hydrogens is 375 g/mol. The summed E-state index contributed by atoms with van der Waals surface area (Å²) in [4.78, 5) is 8.37. The molecule has 2 aliphatic heterocycles. The molecule has 2 aliphatic rings. The molecule has 2 aromatic rings. The standard InChI is InChI=1S/C18H22ClN4S.ClH/c1-13-11-14-17(22-7-9-23(2,12-19)10-8-22)20-15-5-3-4-6-16(15)21-18(14)24-13;/h3-6,11,21H,7-10,12H2,1-2H3;1H/q+1;/p-1/i2D3;. The van der Waals surface area contributed by atoms with Crippen LogP contribution in [0.15, 0.2) is 35.3 Å². The van der Waals surface area contributed by atoms with Crippen molar-refractivity contribution in [1.82, 2.24) is 4.90 Å². The van der Waals surface area contributed by atoms with Gasteiger partial charge in [0.1, 0.15) is 10.8 Å². The number of benzene rings is 1. The van der Waals surface area contributed by atoms with E-state index < -0.39 is 6.98 Å². The van der Waals surface area contributed by atoms with Gasteiger partial charge in [-0.3, -0.25) is 0 Å². The van der Waals surface area contributed by atoms with Crippen LogP contribution in [-0.2, 0) is 0 Å². The number of quaternary nitrogens is 1. The van der Waals surface area contributed by atoms with E-state index in [1.165, 1.54) is 4.88 Å². The zero-order valence-corrected chi connectivity index (χ0v) is 16.3. The molecule has 4 rings (SSSR count). The largest absolute Gasteiger partial charge is 1.00 e. The van der Waals surface area contributed by atoms with Crippen LogP contribution < -0.4 is 17.7 Å². The highest BCUT2D eigenvalue weighted by Gasteiger charge is 2.31. The molecule has 0 saturated carbocycles. The van der Waals surface area contributed by atoms with Crippen LogP contribution in [0.5, 0.6) is 0 Å². The molecule has 0 aliphatic carbocycles. The van der Waals surface area contributed by atoms with Crippen molar-refractivity contribution in [2.75, 3.05) is 44.5 Å². The van der Waals surface area contributed by atoms with E-state index in [9.17, 15) is 0 Å². The summed E-state index contributed by atoms with van der Waals surface area (Å²) in [6.45, 7) is 2.17. The molecule has 134 valence electrons. The van der Waals surface area contributed by atoms with Gasteiger partial charge in [-0.15, -0.1) is 11.3 Å². The molecule has 1 aromatic heterocycles. The Labute approximate surface area is 168 Å². The molecule has 1 aromatic carbocycles. The quantitative estimate of drug-likeness (QED) is 0.442. The minimum Gasteiger partial charge on any atom is -1.00 e. The summed E-state index contributed by atoms with van der Waals surface area (Å²) in [5.41, 5.74) is 2.96. The zero-order valence-electron chi connectivity index (χ0n) is 16.9. The first kappa shape index (κ1) is 14.9. The number of amidine groups is 1. The number of fused-ring (bicyclic) bond motifs is 2. The highest BCUT2D eigenvalue weighted by atomic mass is 35.5. The Morgan fingerprint density at radius 3 is 2.84 bits per heavy atom. The lowest BCUT2D eigenvalue weighted by Gasteiger charge is -2.41. The minimum atomic E-state index is -2.10. The molecule has 0 atom stereocenters. The lowest BCUT2D eigenvalue weighted by atomic mass is 10.2. The van der Waals surface area contributed by atoms with Gasteiger partial charge in [0.2, 0.25) is 0 Å². The van der Waals surface area contributed by atoms with Gasteiger partial charge in [0, 0.05) is 4.88 Å². The number of anilines is 2. The van der Waals surface area contributed by atoms with Crippen molar-refractivity contribution in [1.29, 1.82) is 0 Å². The molecular formula is C18H22Cl2N4S. The number of rotatable bonds is 1. The van der Waals surface area contributed by atoms with Gasteiger partial charge >= 0.3 is 0 Å². The average Bonchev–Trinajstić information content (AvgIpc) is 2.92. The molecule has 25 heavy (non-hydrogen) atoms. The Balaban J connectivity index is 0.00000225. The van der Waals surface area contributed by atoms with Gasteiger partial charge in [-0.1, -0.05) is 23.7 Å². The van der Waals surface area contributed by atoms with Gasteiger partial charge in [-0.25, -0.2) is 4.99 Å². The SMILES string of the molecule is [2H]C([2H])([2H])[N+]1(CCl)CCN(C2=Nc3ccccc3Nc3sc(C)cc32)CC1.[Cl-]. The molecule has 0 amide bonds. The first-order chi connectivity index (χ1) is 12.8. The number of aryl methyl sites for hydroxylation is 1. The fourth-order valence-corrected chi connectivity index (χ4v) is 4.33. The number of aliphatic imine (C=N–C) groups is 1. The van der Waals surface area contributed by atoms with E-state index in [0.717, 1.165) is 27.8 Å². The zero-order chi connectivity index (χ0) is 19.2. The molecule has 0 radical (unpaired) electrons.